The predicted molar refractivity (Wildman–Crippen MR) is 230 cm³/mol. The molecule has 0 unspecified atom stereocenters. The lowest BCUT2D eigenvalue weighted by Crippen LogP contribution is -2.00. The summed E-state index contributed by atoms with van der Waals surface area (Å²) in [5.41, 5.74) is 10.9. The van der Waals surface area contributed by atoms with Crippen molar-refractivity contribution >= 4 is 43.5 Å². The Labute approximate surface area is 323 Å². The molecule has 0 aliphatic heterocycles. The van der Waals surface area contributed by atoms with Crippen molar-refractivity contribution in [1.29, 1.82) is 0 Å². The van der Waals surface area contributed by atoms with Gasteiger partial charge in [-0.2, -0.15) is 0 Å². The average Bonchev–Trinajstić information content (AvgIpc) is 3.86. The summed E-state index contributed by atoms with van der Waals surface area (Å²) in [6.07, 6.45) is 2.18. The van der Waals surface area contributed by atoms with Crippen LogP contribution in [0.5, 0.6) is 0 Å². The second kappa shape index (κ2) is 13.0. The Morgan fingerprint density at radius 3 is 1.61 bits per heavy atom. The van der Waals surface area contributed by atoms with Crippen molar-refractivity contribution in [3.63, 3.8) is 0 Å². The lowest BCUT2D eigenvalue weighted by molar-refractivity contribution is 1.07. The molecule has 0 N–H and O–H groups in total. The molecule has 0 aliphatic rings. The summed E-state index contributed by atoms with van der Waals surface area (Å²) in [7, 11) is 0. The van der Waals surface area contributed by atoms with Gasteiger partial charge in [-0.3, -0.25) is 0 Å². The minimum atomic E-state index is 0.641. The molecule has 0 radical (unpaired) electrons. The lowest BCUT2D eigenvalue weighted by Gasteiger charge is -2.11. The molecule has 0 aliphatic carbocycles. The molecular weight excluding hydrogens is 683 g/mol. The van der Waals surface area contributed by atoms with Crippen LogP contribution in [-0.2, 0) is 0 Å². The smallest absolute Gasteiger partial charge is 0.164 e. The molecule has 3 heterocycles. The summed E-state index contributed by atoms with van der Waals surface area (Å²) in [6, 6.07) is 68.3. The molecule has 0 saturated heterocycles. The first-order valence-corrected chi connectivity index (χ1v) is 18.9. The molecule has 262 valence electrons. The van der Waals surface area contributed by atoms with Gasteiger partial charge in [0.2, 0.25) is 0 Å². The van der Waals surface area contributed by atoms with Crippen LogP contribution in [0.4, 0.5) is 0 Å². The van der Waals surface area contributed by atoms with Gasteiger partial charge in [-0.25, -0.2) is 15.0 Å². The monoisotopic (exact) mass is 715 g/mol. The first-order valence-electron chi connectivity index (χ1n) is 18.9. The fourth-order valence-corrected chi connectivity index (χ4v) is 8.08. The molecule has 8 aromatic carbocycles. The van der Waals surface area contributed by atoms with Gasteiger partial charge in [0.05, 0.1) is 16.6 Å². The van der Waals surface area contributed by atoms with Crippen molar-refractivity contribution in [2.75, 3.05) is 0 Å². The second-order valence-electron chi connectivity index (χ2n) is 14.1. The minimum absolute atomic E-state index is 0.641. The molecule has 0 amide bonds. The third-order valence-corrected chi connectivity index (χ3v) is 10.8. The SMILES string of the molecule is c1ccc(-c2nc(-c3ccccc3)nc(-c3cccc(-c4ccc(-n5c6ccccc6c6cc7c(ccc8c7ccn8-c7ccccc7)cc65)cc4)c3)n2)cc1. The van der Waals surface area contributed by atoms with E-state index >= 15 is 0 Å². The van der Waals surface area contributed by atoms with Crippen molar-refractivity contribution < 1.29 is 0 Å². The maximum atomic E-state index is 4.97. The van der Waals surface area contributed by atoms with E-state index in [-0.39, 0.29) is 0 Å². The van der Waals surface area contributed by atoms with E-state index in [4.69, 9.17) is 15.0 Å². The van der Waals surface area contributed by atoms with Crippen LogP contribution < -0.4 is 0 Å². The zero-order valence-corrected chi connectivity index (χ0v) is 30.3. The quantitative estimate of drug-likeness (QED) is 0.172. The first kappa shape index (κ1) is 31.9. The molecule has 5 nitrogen and oxygen atoms in total. The van der Waals surface area contributed by atoms with Crippen LogP contribution >= 0.6 is 0 Å². The average molecular weight is 716 g/mol. The first-order chi connectivity index (χ1) is 27.7. The Bertz CT molecular complexity index is 3160. The number of nitrogens with zero attached hydrogens (tertiary/aromatic N) is 5. The molecule has 11 aromatic rings. The highest BCUT2D eigenvalue weighted by Crippen LogP contribution is 2.38. The maximum absolute atomic E-state index is 4.97. The molecule has 0 fully saturated rings. The van der Waals surface area contributed by atoms with E-state index in [0.29, 0.717) is 17.5 Å². The molecule has 0 atom stereocenters. The molecular formula is C51H33N5. The van der Waals surface area contributed by atoms with E-state index in [0.717, 1.165) is 39.2 Å². The van der Waals surface area contributed by atoms with Crippen LogP contribution in [0.3, 0.4) is 0 Å². The summed E-state index contributed by atoms with van der Waals surface area (Å²) >= 11 is 0. The van der Waals surface area contributed by atoms with Gasteiger partial charge >= 0.3 is 0 Å². The lowest BCUT2D eigenvalue weighted by atomic mass is 10.0. The normalized spacial score (nSPS) is 11.6. The summed E-state index contributed by atoms with van der Waals surface area (Å²) in [6.45, 7) is 0. The van der Waals surface area contributed by atoms with E-state index < -0.39 is 0 Å². The van der Waals surface area contributed by atoms with Gasteiger partial charge in [-0.15, -0.1) is 0 Å². The fraction of sp³-hybridized carbons (Fsp3) is 0. The third-order valence-electron chi connectivity index (χ3n) is 10.8. The number of benzene rings is 8. The third kappa shape index (κ3) is 5.37. The molecule has 3 aromatic heterocycles. The van der Waals surface area contributed by atoms with E-state index in [9.17, 15) is 0 Å². The van der Waals surface area contributed by atoms with Crippen LogP contribution in [0, 0.1) is 0 Å². The van der Waals surface area contributed by atoms with Crippen LogP contribution in [-0.4, -0.2) is 24.1 Å². The second-order valence-corrected chi connectivity index (χ2v) is 14.1. The van der Waals surface area contributed by atoms with Crippen LogP contribution in [0.15, 0.2) is 200 Å². The predicted octanol–water partition coefficient (Wildman–Crippen LogP) is 12.7. The largest absolute Gasteiger partial charge is 0.317 e. The number of hydrogen-bond donors (Lipinski definition) is 0. The van der Waals surface area contributed by atoms with Gasteiger partial charge in [0.1, 0.15) is 0 Å². The van der Waals surface area contributed by atoms with Gasteiger partial charge < -0.3 is 9.13 Å². The van der Waals surface area contributed by atoms with Gasteiger partial charge in [-0.1, -0.05) is 133 Å². The standard InChI is InChI=1S/C51H33N5/c1-4-13-35(14-5-1)49-52-50(36-15-6-2-7-16-36)54-51(53-49)39-18-12-17-37(31-39)34-23-26-41(27-24-34)56-47-22-11-10-21-42(47)45-33-44-38(32-48(45)56)25-28-46-43(44)29-30-55(46)40-19-8-3-9-20-40/h1-33H. The Morgan fingerprint density at radius 2 is 0.893 bits per heavy atom. The van der Waals surface area contributed by atoms with Gasteiger partial charge in [0.25, 0.3) is 0 Å². The number of aromatic nitrogens is 5. The van der Waals surface area contributed by atoms with E-state index in [1.54, 1.807) is 0 Å². The maximum Gasteiger partial charge on any atom is 0.164 e. The fourth-order valence-electron chi connectivity index (χ4n) is 8.08. The molecule has 5 heteroatoms. The van der Waals surface area contributed by atoms with Crippen molar-refractivity contribution in [2.24, 2.45) is 0 Å². The highest BCUT2D eigenvalue weighted by molar-refractivity contribution is 6.18. The van der Waals surface area contributed by atoms with Gasteiger partial charge in [-0.05, 0) is 82.6 Å². The van der Waals surface area contributed by atoms with Gasteiger partial charge in [0, 0.05) is 50.4 Å². The number of para-hydroxylation sites is 2. The zero-order chi connectivity index (χ0) is 37.0. The molecule has 56 heavy (non-hydrogen) atoms. The highest BCUT2D eigenvalue weighted by atomic mass is 15.0. The zero-order valence-electron chi connectivity index (χ0n) is 30.3. The van der Waals surface area contributed by atoms with Crippen molar-refractivity contribution in [1.82, 2.24) is 24.1 Å². The summed E-state index contributed by atoms with van der Waals surface area (Å²) in [5, 5.41) is 6.21. The van der Waals surface area contributed by atoms with Gasteiger partial charge in [0.15, 0.2) is 17.5 Å². The van der Waals surface area contributed by atoms with Crippen LogP contribution in [0.1, 0.15) is 0 Å². The van der Waals surface area contributed by atoms with E-state index in [1.807, 2.05) is 60.7 Å². The Morgan fingerprint density at radius 1 is 0.304 bits per heavy atom. The van der Waals surface area contributed by atoms with E-state index in [1.165, 1.54) is 43.5 Å². The molecule has 0 spiro atoms. The minimum Gasteiger partial charge on any atom is -0.317 e. The molecule has 0 saturated carbocycles. The summed E-state index contributed by atoms with van der Waals surface area (Å²) in [5.74, 6) is 1.94. The van der Waals surface area contributed by atoms with Crippen molar-refractivity contribution in [3.8, 4) is 56.7 Å². The molecule has 0 bridgehead atoms. The Balaban J connectivity index is 0.992. The molecule has 11 rings (SSSR count). The van der Waals surface area contributed by atoms with Crippen LogP contribution in [0.25, 0.3) is 100 Å². The van der Waals surface area contributed by atoms with Crippen molar-refractivity contribution in [3.05, 3.63) is 200 Å². The Hall–Kier alpha value is -7.63. The van der Waals surface area contributed by atoms with Crippen LogP contribution in [0.2, 0.25) is 0 Å². The summed E-state index contributed by atoms with van der Waals surface area (Å²) in [4.78, 5) is 14.8. The number of rotatable bonds is 6. The number of fused-ring (bicyclic) bond motifs is 6. The highest BCUT2D eigenvalue weighted by Gasteiger charge is 2.17. The topological polar surface area (TPSA) is 48.5 Å². The van der Waals surface area contributed by atoms with E-state index in [2.05, 4.69) is 149 Å². The number of hydrogen-bond acceptors (Lipinski definition) is 3. The Kier molecular flexibility index (Phi) is 7.42. The summed E-state index contributed by atoms with van der Waals surface area (Å²) < 4.78 is 4.66. The van der Waals surface area contributed by atoms with Crippen molar-refractivity contribution in [2.45, 2.75) is 0 Å².